The number of sulfone groups is 1. The van der Waals surface area contributed by atoms with Crippen molar-refractivity contribution in [1.29, 1.82) is 0 Å². The number of hydrogen-bond acceptors (Lipinski definition) is 3. The average molecular weight is 317 g/mol. The first-order valence-corrected chi connectivity index (χ1v) is 9.09. The summed E-state index contributed by atoms with van der Waals surface area (Å²) in [5.41, 5.74) is 1.92. The summed E-state index contributed by atoms with van der Waals surface area (Å²) in [4.78, 5) is 12.1. The van der Waals surface area contributed by atoms with Crippen molar-refractivity contribution in [1.82, 2.24) is 5.32 Å². The number of carbonyl (C=O) groups excluding carboxylic acids is 1. The average Bonchev–Trinajstić information content (AvgIpc) is 2.52. The van der Waals surface area contributed by atoms with Crippen LogP contribution in [0.2, 0.25) is 0 Å². The summed E-state index contributed by atoms with van der Waals surface area (Å²) in [6, 6.07) is 18.9. The van der Waals surface area contributed by atoms with Crippen molar-refractivity contribution in [3.05, 3.63) is 71.8 Å². The van der Waals surface area contributed by atoms with Crippen LogP contribution in [0.4, 0.5) is 0 Å². The van der Waals surface area contributed by atoms with Crippen molar-refractivity contribution < 1.29 is 13.2 Å². The van der Waals surface area contributed by atoms with Gasteiger partial charge in [0.05, 0.1) is 11.8 Å². The third-order valence-corrected chi connectivity index (χ3v) is 4.22. The van der Waals surface area contributed by atoms with Gasteiger partial charge in [0.1, 0.15) is 9.84 Å². The maximum Gasteiger partial charge on any atom is 0.221 e. The molecule has 4 nitrogen and oxygen atoms in total. The number of nitrogens with one attached hydrogen (secondary N) is 1. The molecule has 0 aromatic heterocycles. The molecule has 0 aliphatic heterocycles. The van der Waals surface area contributed by atoms with Gasteiger partial charge in [0.25, 0.3) is 0 Å². The third-order valence-electron chi connectivity index (χ3n) is 3.27. The zero-order chi connectivity index (χ0) is 16.0. The van der Waals surface area contributed by atoms with Crippen LogP contribution in [-0.2, 0) is 14.6 Å². The Balaban J connectivity index is 2.18. The smallest absolute Gasteiger partial charge is 0.221 e. The number of benzene rings is 2. The van der Waals surface area contributed by atoms with E-state index in [2.05, 4.69) is 5.32 Å². The molecule has 0 aliphatic rings. The minimum Gasteiger partial charge on any atom is -0.345 e. The Hall–Kier alpha value is -2.14. The van der Waals surface area contributed by atoms with E-state index in [0.717, 1.165) is 17.4 Å². The fraction of sp³-hybridized carbons (Fsp3) is 0.235. The molecule has 0 spiro atoms. The first-order valence-electron chi connectivity index (χ1n) is 7.03. The van der Waals surface area contributed by atoms with E-state index in [1.807, 2.05) is 60.7 Å². The number of hydrogen-bond donors (Lipinski definition) is 1. The summed E-state index contributed by atoms with van der Waals surface area (Å²) in [5, 5.41) is 2.92. The van der Waals surface area contributed by atoms with Gasteiger partial charge in [-0.2, -0.15) is 0 Å². The molecular formula is C17H19NO3S. The first kappa shape index (κ1) is 16.2. The molecule has 0 heterocycles. The Morgan fingerprint density at radius 3 is 1.82 bits per heavy atom. The van der Waals surface area contributed by atoms with E-state index >= 15 is 0 Å². The minimum absolute atomic E-state index is 0.0327. The topological polar surface area (TPSA) is 63.2 Å². The number of carbonyl (C=O) groups is 1. The van der Waals surface area contributed by atoms with Gasteiger partial charge in [0, 0.05) is 12.7 Å². The van der Waals surface area contributed by atoms with Crippen LogP contribution in [0.15, 0.2) is 60.7 Å². The molecule has 0 unspecified atom stereocenters. The molecule has 116 valence electrons. The van der Waals surface area contributed by atoms with Gasteiger partial charge in [-0.1, -0.05) is 60.7 Å². The van der Waals surface area contributed by atoms with E-state index in [4.69, 9.17) is 0 Å². The lowest BCUT2D eigenvalue weighted by Gasteiger charge is -2.19. The van der Waals surface area contributed by atoms with Gasteiger partial charge in [-0.15, -0.1) is 0 Å². The van der Waals surface area contributed by atoms with Crippen LogP contribution in [0, 0.1) is 0 Å². The Labute approximate surface area is 131 Å². The monoisotopic (exact) mass is 317 g/mol. The molecule has 22 heavy (non-hydrogen) atoms. The van der Waals surface area contributed by atoms with Crippen LogP contribution in [-0.4, -0.2) is 26.3 Å². The molecule has 0 aliphatic carbocycles. The van der Waals surface area contributed by atoms with E-state index in [1.165, 1.54) is 0 Å². The van der Waals surface area contributed by atoms with Gasteiger partial charge in [-0.05, 0) is 11.1 Å². The van der Waals surface area contributed by atoms with Gasteiger partial charge in [-0.25, -0.2) is 8.42 Å². The quantitative estimate of drug-likeness (QED) is 0.889. The molecule has 0 radical (unpaired) electrons. The summed E-state index contributed by atoms with van der Waals surface area (Å²) < 4.78 is 22.4. The standard InChI is InChI=1S/C17H19NO3S/c1-22(20,21)13-12-16(19)18-17(14-8-4-2-5-9-14)15-10-6-3-7-11-15/h2-11,17H,12-13H2,1H3,(H,18,19). The molecule has 0 atom stereocenters. The Kier molecular flexibility index (Phi) is 5.33. The molecule has 0 fully saturated rings. The van der Waals surface area contributed by atoms with Crippen LogP contribution in [0.25, 0.3) is 0 Å². The van der Waals surface area contributed by atoms with Gasteiger partial charge in [-0.3, -0.25) is 4.79 Å². The second-order valence-corrected chi connectivity index (χ2v) is 7.46. The molecule has 1 N–H and O–H groups in total. The van der Waals surface area contributed by atoms with E-state index in [1.54, 1.807) is 0 Å². The van der Waals surface area contributed by atoms with E-state index in [9.17, 15) is 13.2 Å². The van der Waals surface area contributed by atoms with Crippen LogP contribution >= 0.6 is 0 Å². The fourth-order valence-electron chi connectivity index (χ4n) is 2.16. The lowest BCUT2D eigenvalue weighted by Crippen LogP contribution is -2.30. The van der Waals surface area contributed by atoms with Crippen LogP contribution < -0.4 is 5.32 Å². The molecule has 2 rings (SSSR count). The first-order chi connectivity index (χ1) is 10.5. The fourth-order valence-corrected chi connectivity index (χ4v) is 2.72. The second-order valence-electron chi connectivity index (χ2n) is 5.20. The highest BCUT2D eigenvalue weighted by molar-refractivity contribution is 7.90. The molecule has 0 bridgehead atoms. The van der Waals surface area contributed by atoms with Gasteiger partial charge < -0.3 is 5.32 Å². The normalized spacial score (nSPS) is 11.4. The van der Waals surface area contributed by atoms with Gasteiger partial charge in [0.15, 0.2) is 0 Å². The van der Waals surface area contributed by atoms with Crippen molar-refractivity contribution in [2.24, 2.45) is 0 Å². The number of rotatable bonds is 6. The Bertz CT molecular complexity index is 673. The summed E-state index contributed by atoms with van der Waals surface area (Å²) in [6.07, 6.45) is 1.10. The Morgan fingerprint density at radius 2 is 1.41 bits per heavy atom. The highest BCUT2D eigenvalue weighted by Crippen LogP contribution is 2.21. The lowest BCUT2D eigenvalue weighted by atomic mass is 9.98. The van der Waals surface area contributed by atoms with Crippen molar-refractivity contribution in [3.8, 4) is 0 Å². The molecular weight excluding hydrogens is 298 g/mol. The summed E-state index contributed by atoms with van der Waals surface area (Å²) in [7, 11) is -3.15. The zero-order valence-electron chi connectivity index (χ0n) is 12.4. The van der Waals surface area contributed by atoms with Crippen LogP contribution in [0.1, 0.15) is 23.6 Å². The van der Waals surface area contributed by atoms with Crippen molar-refractivity contribution >= 4 is 15.7 Å². The van der Waals surface area contributed by atoms with Crippen molar-refractivity contribution in [2.45, 2.75) is 12.5 Å². The van der Waals surface area contributed by atoms with E-state index in [-0.39, 0.29) is 24.1 Å². The molecule has 2 aromatic carbocycles. The van der Waals surface area contributed by atoms with Crippen LogP contribution in [0.5, 0.6) is 0 Å². The second kappa shape index (κ2) is 7.22. The highest BCUT2D eigenvalue weighted by Gasteiger charge is 2.17. The van der Waals surface area contributed by atoms with E-state index in [0.29, 0.717) is 0 Å². The molecule has 1 amide bonds. The summed E-state index contributed by atoms with van der Waals surface area (Å²) in [6.45, 7) is 0. The summed E-state index contributed by atoms with van der Waals surface area (Å²) in [5.74, 6) is -0.419. The van der Waals surface area contributed by atoms with Crippen LogP contribution in [0.3, 0.4) is 0 Å². The van der Waals surface area contributed by atoms with Gasteiger partial charge in [0.2, 0.25) is 5.91 Å². The lowest BCUT2D eigenvalue weighted by molar-refractivity contribution is -0.121. The minimum atomic E-state index is -3.15. The third kappa shape index (κ3) is 5.00. The van der Waals surface area contributed by atoms with Gasteiger partial charge >= 0.3 is 0 Å². The van der Waals surface area contributed by atoms with E-state index < -0.39 is 9.84 Å². The Morgan fingerprint density at radius 1 is 0.955 bits per heavy atom. The summed E-state index contributed by atoms with van der Waals surface area (Å²) >= 11 is 0. The number of amides is 1. The maximum atomic E-state index is 12.1. The molecule has 5 heteroatoms. The highest BCUT2D eigenvalue weighted by atomic mass is 32.2. The van der Waals surface area contributed by atoms with Crippen molar-refractivity contribution in [2.75, 3.05) is 12.0 Å². The predicted octanol–water partition coefficient (Wildman–Crippen LogP) is 2.33. The molecule has 0 saturated heterocycles. The molecule has 2 aromatic rings. The van der Waals surface area contributed by atoms with Crippen molar-refractivity contribution in [3.63, 3.8) is 0 Å². The maximum absolute atomic E-state index is 12.1. The largest absolute Gasteiger partial charge is 0.345 e. The molecule has 0 saturated carbocycles. The zero-order valence-corrected chi connectivity index (χ0v) is 13.2. The SMILES string of the molecule is CS(=O)(=O)CCC(=O)NC(c1ccccc1)c1ccccc1. The predicted molar refractivity (Wildman–Crippen MR) is 87.2 cm³/mol.